The molecule has 4 rings (SSSR count). The van der Waals surface area contributed by atoms with Crippen LogP contribution in [0.2, 0.25) is 5.02 Å². The summed E-state index contributed by atoms with van der Waals surface area (Å²) in [6.45, 7) is 1.78. The molecule has 0 bridgehead atoms. The van der Waals surface area contributed by atoms with Crippen LogP contribution < -0.4 is 10.5 Å². The summed E-state index contributed by atoms with van der Waals surface area (Å²) in [6, 6.07) is 9.81. The smallest absolute Gasteiger partial charge is 0.166 e. The summed E-state index contributed by atoms with van der Waals surface area (Å²) in [7, 11) is 0. The van der Waals surface area contributed by atoms with Gasteiger partial charge in [0.05, 0.1) is 0 Å². The Bertz CT molecular complexity index is 1130. The number of aromatic amines is 1. The number of aromatic nitrogens is 3. The fraction of sp³-hybridized carbons (Fsp3) is 0.100. The van der Waals surface area contributed by atoms with E-state index in [4.69, 9.17) is 22.1 Å². The molecule has 0 spiro atoms. The van der Waals surface area contributed by atoms with Gasteiger partial charge in [0.15, 0.2) is 11.6 Å². The van der Waals surface area contributed by atoms with Gasteiger partial charge < -0.3 is 15.5 Å². The molecule has 0 radical (unpaired) electrons. The van der Waals surface area contributed by atoms with Crippen LogP contribution in [0.3, 0.4) is 0 Å². The summed E-state index contributed by atoms with van der Waals surface area (Å²) in [4.78, 5) is 11.7. The average molecular weight is 383 g/mol. The molecule has 1 aromatic carbocycles. The van der Waals surface area contributed by atoms with Crippen LogP contribution in [0.4, 0.5) is 10.2 Å². The number of nitrogen functional groups attached to an aromatic ring is 1. The fourth-order valence-corrected chi connectivity index (χ4v) is 3.24. The first-order valence-electron chi connectivity index (χ1n) is 8.32. The molecule has 0 saturated heterocycles. The molecule has 3 heterocycles. The number of benzene rings is 1. The summed E-state index contributed by atoms with van der Waals surface area (Å²) < 4.78 is 19.5. The number of hydrogen-bond donors (Lipinski definition) is 2. The Morgan fingerprint density at radius 2 is 2.07 bits per heavy atom. The first-order chi connectivity index (χ1) is 13.0. The highest BCUT2D eigenvalue weighted by atomic mass is 35.5. The molecule has 136 valence electrons. The molecule has 0 aliphatic heterocycles. The number of rotatable bonds is 4. The third-order valence-corrected chi connectivity index (χ3v) is 4.69. The van der Waals surface area contributed by atoms with E-state index in [0.717, 1.165) is 22.2 Å². The number of ether oxygens (including phenoxy) is 1. The maximum atomic E-state index is 13.6. The van der Waals surface area contributed by atoms with Gasteiger partial charge in [0, 0.05) is 45.7 Å². The topological polar surface area (TPSA) is 76.8 Å². The van der Waals surface area contributed by atoms with Crippen LogP contribution in [0.5, 0.6) is 5.75 Å². The lowest BCUT2D eigenvalue weighted by Crippen LogP contribution is -2.07. The van der Waals surface area contributed by atoms with Crippen molar-refractivity contribution in [2.75, 3.05) is 5.73 Å². The van der Waals surface area contributed by atoms with E-state index in [2.05, 4.69) is 15.0 Å². The van der Waals surface area contributed by atoms with E-state index in [-0.39, 0.29) is 11.6 Å². The molecular formula is C20H16ClFN4O. The minimum absolute atomic E-state index is 0.246. The van der Waals surface area contributed by atoms with Gasteiger partial charge in [0.2, 0.25) is 0 Å². The molecule has 0 saturated carbocycles. The summed E-state index contributed by atoms with van der Waals surface area (Å²) in [6.07, 6.45) is 4.76. The summed E-state index contributed by atoms with van der Waals surface area (Å²) in [5.74, 6) is 0.269. The predicted molar refractivity (Wildman–Crippen MR) is 104 cm³/mol. The Morgan fingerprint density at radius 1 is 1.22 bits per heavy atom. The standard InChI is InChI=1S/C20H16ClFN4O/c1-11(15-8-13(22)4-5-17(15)21)27-18-7-12(9-25-19(18)23)16-10-26-20-14(16)3-2-6-24-20/h2-11H,1H3,(H2,23,25)(H,24,26). The minimum atomic E-state index is -0.503. The molecule has 5 nitrogen and oxygen atoms in total. The zero-order chi connectivity index (χ0) is 19.0. The second-order valence-electron chi connectivity index (χ2n) is 6.14. The molecule has 0 amide bonds. The number of halogens is 2. The number of nitrogens with one attached hydrogen (secondary N) is 1. The van der Waals surface area contributed by atoms with E-state index in [9.17, 15) is 4.39 Å². The highest BCUT2D eigenvalue weighted by molar-refractivity contribution is 6.31. The molecule has 3 N–H and O–H groups in total. The summed E-state index contributed by atoms with van der Waals surface area (Å²) in [5, 5.41) is 1.39. The molecule has 7 heteroatoms. The van der Waals surface area contributed by atoms with Crippen LogP contribution in [0.1, 0.15) is 18.6 Å². The quantitative estimate of drug-likeness (QED) is 0.512. The number of nitrogens with two attached hydrogens (primary N) is 1. The Kier molecular flexibility index (Phi) is 4.41. The van der Waals surface area contributed by atoms with Gasteiger partial charge in [-0.05, 0) is 43.3 Å². The lowest BCUT2D eigenvalue weighted by atomic mass is 10.1. The summed E-state index contributed by atoms with van der Waals surface area (Å²) in [5.41, 5.74) is 9.08. The normalized spacial score (nSPS) is 12.3. The largest absolute Gasteiger partial charge is 0.482 e. The number of anilines is 1. The molecule has 4 aromatic rings. The Morgan fingerprint density at radius 3 is 2.93 bits per heavy atom. The van der Waals surface area contributed by atoms with Crippen molar-refractivity contribution >= 4 is 28.5 Å². The molecule has 1 atom stereocenters. The van der Waals surface area contributed by atoms with Crippen LogP contribution in [0.15, 0.2) is 55.0 Å². The molecular weight excluding hydrogens is 367 g/mol. The van der Waals surface area contributed by atoms with Crippen molar-refractivity contribution in [1.82, 2.24) is 15.0 Å². The van der Waals surface area contributed by atoms with Crippen molar-refractivity contribution < 1.29 is 9.13 Å². The van der Waals surface area contributed by atoms with Crippen LogP contribution in [0, 0.1) is 5.82 Å². The van der Waals surface area contributed by atoms with E-state index in [1.165, 1.54) is 18.2 Å². The van der Waals surface area contributed by atoms with E-state index < -0.39 is 6.10 Å². The van der Waals surface area contributed by atoms with Crippen LogP contribution >= 0.6 is 11.6 Å². The molecule has 0 aliphatic rings. The maximum absolute atomic E-state index is 13.6. The van der Waals surface area contributed by atoms with Gasteiger partial charge in [-0.3, -0.25) is 0 Å². The lowest BCUT2D eigenvalue weighted by molar-refractivity contribution is 0.227. The van der Waals surface area contributed by atoms with Gasteiger partial charge >= 0.3 is 0 Å². The highest BCUT2D eigenvalue weighted by Crippen LogP contribution is 2.34. The molecule has 0 aliphatic carbocycles. The van der Waals surface area contributed by atoms with E-state index in [0.29, 0.717) is 16.3 Å². The highest BCUT2D eigenvalue weighted by Gasteiger charge is 2.16. The Labute approximate surface area is 160 Å². The first kappa shape index (κ1) is 17.3. The molecule has 1 unspecified atom stereocenters. The SMILES string of the molecule is CC(Oc1cc(-c2c[nH]c3ncccc23)cnc1N)c1cc(F)ccc1Cl. The monoisotopic (exact) mass is 382 g/mol. The number of hydrogen-bond acceptors (Lipinski definition) is 4. The minimum Gasteiger partial charge on any atom is -0.482 e. The zero-order valence-electron chi connectivity index (χ0n) is 14.4. The van der Waals surface area contributed by atoms with Crippen molar-refractivity contribution in [3.8, 4) is 16.9 Å². The van der Waals surface area contributed by atoms with Gasteiger partial charge in [-0.15, -0.1) is 0 Å². The van der Waals surface area contributed by atoms with Crippen molar-refractivity contribution in [3.63, 3.8) is 0 Å². The van der Waals surface area contributed by atoms with E-state index in [1.807, 2.05) is 24.4 Å². The van der Waals surface area contributed by atoms with Gasteiger partial charge in [0.1, 0.15) is 17.6 Å². The van der Waals surface area contributed by atoms with Gasteiger partial charge in [-0.25, -0.2) is 14.4 Å². The summed E-state index contributed by atoms with van der Waals surface area (Å²) >= 11 is 6.17. The lowest BCUT2D eigenvalue weighted by Gasteiger charge is -2.18. The zero-order valence-corrected chi connectivity index (χ0v) is 15.2. The third kappa shape index (κ3) is 3.31. The van der Waals surface area contributed by atoms with Crippen LogP contribution in [0.25, 0.3) is 22.2 Å². The van der Waals surface area contributed by atoms with Crippen molar-refractivity contribution in [3.05, 3.63) is 71.4 Å². The van der Waals surface area contributed by atoms with E-state index in [1.54, 1.807) is 19.3 Å². The van der Waals surface area contributed by atoms with E-state index >= 15 is 0 Å². The molecule has 3 aromatic heterocycles. The Hall–Kier alpha value is -3.12. The van der Waals surface area contributed by atoms with Crippen molar-refractivity contribution in [2.24, 2.45) is 0 Å². The average Bonchev–Trinajstić information content (AvgIpc) is 3.09. The Balaban J connectivity index is 1.70. The number of fused-ring (bicyclic) bond motifs is 1. The van der Waals surface area contributed by atoms with Crippen molar-refractivity contribution in [2.45, 2.75) is 13.0 Å². The fourth-order valence-electron chi connectivity index (χ4n) is 2.97. The number of H-pyrrole nitrogens is 1. The number of nitrogens with zero attached hydrogens (tertiary/aromatic N) is 2. The maximum Gasteiger partial charge on any atom is 0.166 e. The first-order valence-corrected chi connectivity index (χ1v) is 8.70. The second-order valence-corrected chi connectivity index (χ2v) is 6.54. The van der Waals surface area contributed by atoms with Crippen LogP contribution in [-0.4, -0.2) is 15.0 Å². The van der Waals surface area contributed by atoms with Crippen LogP contribution in [-0.2, 0) is 0 Å². The van der Waals surface area contributed by atoms with Gasteiger partial charge in [-0.2, -0.15) is 0 Å². The van der Waals surface area contributed by atoms with Gasteiger partial charge in [-0.1, -0.05) is 11.6 Å². The molecule has 0 fully saturated rings. The predicted octanol–water partition coefficient (Wildman–Crippen LogP) is 5.14. The second kappa shape index (κ2) is 6.89. The van der Waals surface area contributed by atoms with Crippen molar-refractivity contribution in [1.29, 1.82) is 0 Å². The van der Waals surface area contributed by atoms with Gasteiger partial charge in [0.25, 0.3) is 0 Å². The third-order valence-electron chi connectivity index (χ3n) is 4.34. The number of pyridine rings is 2. The molecule has 27 heavy (non-hydrogen) atoms.